The van der Waals surface area contributed by atoms with Crippen molar-refractivity contribution in [3.8, 4) is 0 Å². The zero-order chi connectivity index (χ0) is 16.3. The molecule has 4 unspecified atom stereocenters. The maximum absolute atomic E-state index is 2.40. The summed E-state index contributed by atoms with van der Waals surface area (Å²) in [6.45, 7) is 16.5. The molecule has 0 saturated heterocycles. The second kappa shape index (κ2) is 12.5. The van der Waals surface area contributed by atoms with Crippen molar-refractivity contribution in [2.45, 2.75) is 106 Å². The molecule has 0 heteroatoms. The molecule has 4 atom stereocenters. The first-order valence-electron chi connectivity index (χ1n) is 9.86. The number of hydrogen-bond donors (Lipinski definition) is 0. The normalized spacial score (nSPS) is 27.1. The van der Waals surface area contributed by atoms with Crippen LogP contribution in [0.5, 0.6) is 0 Å². The largest absolute Gasteiger partial charge is 0.0654 e. The standard InChI is InChI=1S/C12H26.C9H18/c1-5-6-9-12(4)10-7-8-11(2)3;1-7-4-5-8(2)9(3)6-7/h11-12H,5-10H2,1-4H3;7-9H,4-6H2,1-3H3. The van der Waals surface area contributed by atoms with Gasteiger partial charge in [0.1, 0.15) is 0 Å². The SMILES string of the molecule is CC1CCC(C)C(C)C1.CCCCC(C)CCCC(C)C. The summed E-state index contributed by atoms with van der Waals surface area (Å²) in [7, 11) is 0. The molecular weight excluding hydrogens is 252 g/mol. The van der Waals surface area contributed by atoms with Crippen LogP contribution in [0, 0.1) is 29.6 Å². The van der Waals surface area contributed by atoms with E-state index in [0.29, 0.717) is 0 Å². The first-order valence-corrected chi connectivity index (χ1v) is 9.86. The maximum Gasteiger partial charge on any atom is -0.0414 e. The van der Waals surface area contributed by atoms with Gasteiger partial charge in [0.05, 0.1) is 0 Å². The average Bonchev–Trinajstić information content (AvgIpc) is 2.41. The second-order valence-electron chi connectivity index (χ2n) is 8.44. The zero-order valence-corrected chi connectivity index (χ0v) is 16.3. The van der Waals surface area contributed by atoms with Gasteiger partial charge in [0.15, 0.2) is 0 Å². The average molecular weight is 297 g/mol. The molecule has 0 aromatic rings. The van der Waals surface area contributed by atoms with E-state index in [0.717, 1.165) is 29.6 Å². The van der Waals surface area contributed by atoms with Crippen molar-refractivity contribution in [1.82, 2.24) is 0 Å². The lowest BCUT2D eigenvalue weighted by Gasteiger charge is -2.29. The summed E-state index contributed by atoms with van der Waals surface area (Å²) < 4.78 is 0. The van der Waals surface area contributed by atoms with Gasteiger partial charge in [-0.2, -0.15) is 0 Å². The molecule has 0 spiro atoms. The summed E-state index contributed by atoms with van der Waals surface area (Å²) in [6, 6.07) is 0. The molecule has 0 aliphatic heterocycles. The number of hydrogen-bond acceptors (Lipinski definition) is 0. The molecule has 0 radical (unpaired) electrons. The molecule has 0 N–H and O–H groups in total. The Morgan fingerprint density at radius 2 is 1.43 bits per heavy atom. The predicted octanol–water partition coefficient (Wildman–Crippen LogP) is 7.72. The van der Waals surface area contributed by atoms with Crippen molar-refractivity contribution >= 4 is 0 Å². The van der Waals surface area contributed by atoms with Crippen LogP contribution in [0.2, 0.25) is 0 Å². The Bertz CT molecular complexity index is 218. The van der Waals surface area contributed by atoms with Gasteiger partial charge < -0.3 is 0 Å². The number of unbranched alkanes of at least 4 members (excludes halogenated alkanes) is 1. The van der Waals surface area contributed by atoms with Crippen LogP contribution in [0.15, 0.2) is 0 Å². The highest BCUT2D eigenvalue weighted by Crippen LogP contribution is 2.32. The molecule has 1 fully saturated rings. The minimum atomic E-state index is 0.892. The summed E-state index contributed by atoms with van der Waals surface area (Å²) in [4.78, 5) is 0. The van der Waals surface area contributed by atoms with Gasteiger partial charge in [-0.25, -0.2) is 0 Å². The molecule has 0 heterocycles. The van der Waals surface area contributed by atoms with E-state index < -0.39 is 0 Å². The van der Waals surface area contributed by atoms with Crippen LogP contribution in [0.1, 0.15) is 106 Å². The molecule has 0 aromatic carbocycles. The topological polar surface area (TPSA) is 0 Å². The molecule has 0 amide bonds. The van der Waals surface area contributed by atoms with Crippen molar-refractivity contribution in [3.05, 3.63) is 0 Å². The van der Waals surface area contributed by atoms with Crippen LogP contribution >= 0.6 is 0 Å². The van der Waals surface area contributed by atoms with Gasteiger partial charge in [-0.1, -0.05) is 99.8 Å². The molecule has 0 bridgehead atoms. The smallest absolute Gasteiger partial charge is 0.0414 e. The number of rotatable bonds is 7. The third-order valence-electron chi connectivity index (χ3n) is 5.39. The van der Waals surface area contributed by atoms with E-state index in [1.807, 2.05) is 0 Å². The molecule has 0 aromatic heterocycles. The van der Waals surface area contributed by atoms with Gasteiger partial charge in [0.2, 0.25) is 0 Å². The van der Waals surface area contributed by atoms with Crippen LogP contribution in [-0.2, 0) is 0 Å². The first kappa shape index (κ1) is 21.0. The third kappa shape index (κ3) is 12.2. The molecule has 0 nitrogen and oxygen atoms in total. The van der Waals surface area contributed by atoms with Crippen LogP contribution in [-0.4, -0.2) is 0 Å². The predicted molar refractivity (Wildman–Crippen MR) is 98.7 cm³/mol. The minimum Gasteiger partial charge on any atom is -0.0654 e. The van der Waals surface area contributed by atoms with E-state index in [1.165, 1.54) is 57.8 Å². The molecule has 128 valence electrons. The quantitative estimate of drug-likeness (QED) is 0.451. The summed E-state index contributed by atoms with van der Waals surface area (Å²) in [5.41, 5.74) is 0. The van der Waals surface area contributed by atoms with Crippen LogP contribution in [0.25, 0.3) is 0 Å². The molecular formula is C21H44. The Kier molecular flexibility index (Phi) is 12.5. The Hall–Kier alpha value is 0. The highest BCUT2D eigenvalue weighted by molar-refractivity contribution is 4.72. The van der Waals surface area contributed by atoms with E-state index in [4.69, 9.17) is 0 Å². The maximum atomic E-state index is 2.40. The summed E-state index contributed by atoms with van der Waals surface area (Å²) in [5, 5.41) is 0. The van der Waals surface area contributed by atoms with Gasteiger partial charge in [-0.15, -0.1) is 0 Å². The fraction of sp³-hybridized carbons (Fsp3) is 1.00. The van der Waals surface area contributed by atoms with E-state index >= 15 is 0 Å². The summed E-state index contributed by atoms with van der Waals surface area (Å²) >= 11 is 0. The van der Waals surface area contributed by atoms with Crippen molar-refractivity contribution in [1.29, 1.82) is 0 Å². The molecule has 1 saturated carbocycles. The zero-order valence-electron chi connectivity index (χ0n) is 16.3. The monoisotopic (exact) mass is 296 g/mol. The van der Waals surface area contributed by atoms with Gasteiger partial charge in [0, 0.05) is 0 Å². The van der Waals surface area contributed by atoms with E-state index in [2.05, 4.69) is 48.5 Å². The molecule has 21 heavy (non-hydrogen) atoms. The van der Waals surface area contributed by atoms with Crippen molar-refractivity contribution in [2.24, 2.45) is 29.6 Å². The van der Waals surface area contributed by atoms with Gasteiger partial charge in [0.25, 0.3) is 0 Å². The molecule has 1 aliphatic carbocycles. The Morgan fingerprint density at radius 3 is 1.90 bits per heavy atom. The Labute approximate surface area is 136 Å². The van der Waals surface area contributed by atoms with Crippen LogP contribution < -0.4 is 0 Å². The highest BCUT2D eigenvalue weighted by Gasteiger charge is 2.20. The Balaban J connectivity index is 0.000000394. The lowest BCUT2D eigenvalue weighted by atomic mass is 9.77. The minimum absolute atomic E-state index is 0.892. The first-order chi connectivity index (χ1) is 9.86. The highest BCUT2D eigenvalue weighted by atomic mass is 14.3. The summed E-state index contributed by atoms with van der Waals surface area (Å²) in [6.07, 6.45) is 12.9. The van der Waals surface area contributed by atoms with Gasteiger partial charge in [-0.05, 0) is 36.0 Å². The van der Waals surface area contributed by atoms with Crippen molar-refractivity contribution in [3.63, 3.8) is 0 Å². The third-order valence-corrected chi connectivity index (χ3v) is 5.39. The second-order valence-corrected chi connectivity index (χ2v) is 8.44. The summed E-state index contributed by atoms with van der Waals surface area (Å²) in [5.74, 6) is 4.82. The van der Waals surface area contributed by atoms with Crippen LogP contribution in [0.3, 0.4) is 0 Å². The lowest BCUT2D eigenvalue weighted by Crippen LogP contribution is -2.18. The van der Waals surface area contributed by atoms with Crippen LogP contribution in [0.4, 0.5) is 0 Å². The van der Waals surface area contributed by atoms with Crippen molar-refractivity contribution in [2.75, 3.05) is 0 Å². The van der Waals surface area contributed by atoms with Crippen molar-refractivity contribution < 1.29 is 0 Å². The Morgan fingerprint density at radius 1 is 0.810 bits per heavy atom. The van der Waals surface area contributed by atoms with Gasteiger partial charge in [-0.3, -0.25) is 0 Å². The fourth-order valence-electron chi connectivity index (χ4n) is 3.39. The van der Waals surface area contributed by atoms with E-state index in [9.17, 15) is 0 Å². The molecule has 1 rings (SSSR count). The van der Waals surface area contributed by atoms with E-state index in [-0.39, 0.29) is 0 Å². The molecule has 1 aliphatic rings. The lowest BCUT2D eigenvalue weighted by molar-refractivity contribution is 0.220. The van der Waals surface area contributed by atoms with Gasteiger partial charge >= 0.3 is 0 Å². The van der Waals surface area contributed by atoms with E-state index in [1.54, 1.807) is 0 Å². The fourth-order valence-corrected chi connectivity index (χ4v) is 3.39.